The van der Waals surface area contributed by atoms with Gasteiger partial charge in [-0.3, -0.25) is 19.4 Å². The first-order valence-corrected chi connectivity index (χ1v) is 11.2. The first kappa shape index (κ1) is 24.0. The van der Waals surface area contributed by atoms with Crippen LogP contribution in [-0.4, -0.2) is 35.9 Å². The van der Waals surface area contributed by atoms with Crippen LogP contribution in [0.15, 0.2) is 36.5 Å². The highest BCUT2D eigenvalue weighted by Gasteiger charge is 2.30. The summed E-state index contributed by atoms with van der Waals surface area (Å²) in [6, 6.07) is 8.75. The maximum atomic E-state index is 12.5. The second-order valence-electron chi connectivity index (χ2n) is 7.62. The Morgan fingerprint density at radius 3 is 2.15 bits per heavy atom. The fourth-order valence-corrected chi connectivity index (χ4v) is 3.11. The second-order valence-corrected chi connectivity index (χ2v) is 7.62. The Bertz CT molecular complexity index is 976. The van der Waals surface area contributed by atoms with Gasteiger partial charge in [0.2, 0.25) is 17.7 Å². The molecule has 0 spiro atoms. The summed E-state index contributed by atoms with van der Waals surface area (Å²) in [5, 5.41) is 8.43. The normalized spacial score (nSPS) is 12.5. The van der Waals surface area contributed by atoms with Gasteiger partial charge < -0.3 is 25.4 Å². The van der Waals surface area contributed by atoms with Crippen molar-refractivity contribution in [2.75, 3.05) is 23.8 Å². The lowest BCUT2D eigenvalue weighted by atomic mass is 10.2. The largest absolute Gasteiger partial charge is 0.492 e. The fourth-order valence-electron chi connectivity index (χ4n) is 3.11. The number of hydrogen-bond acceptors (Lipinski definition) is 6. The molecule has 9 heteroatoms. The summed E-state index contributed by atoms with van der Waals surface area (Å²) in [6.45, 7) is 4.75. The van der Waals surface area contributed by atoms with Crippen LogP contribution < -0.4 is 25.4 Å². The molecule has 2 aromatic rings. The van der Waals surface area contributed by atoms with E-state index in [0.717, 1.165) is 18.5 Å². The number of carbonyl (C=O) groups is 3. The smallest absolute Gasteiger partial charge is 0.227 e. The van der Waals surface area contributed by atoms with Gasteiger partial charge in [-0.15, -0.1) is 0 Å². The molecule has 3 rings (SSSR count). The number of ether oxygens (including phenoxy) is 2. The van der Waals surface area contributed by atoms with Crippen LogP contribution in [0, 0.1) is 5.92 Å². The number of aromatic nitrogens is 1. The van der Waals surface area contributed by atoms with Crippen LogP contribution >= 0.6 is 0 Å². The van der Waals surface area contributed by atoms with Gasteiger partial charge in [0.15, 0.2) is 0 Å². The molecule has 0 bridgehead atoms. The lowest BCUT2D eigenvalue weighted by Gasteiger charge is -2.18. The van der Waals surface area contributed by atoms with E-state index in [9.17, 15) is 14.4 Å². The lowest BCUT2D eigenvalue weighted by Crippen LogP contribution is -2.25. The molecule has 0 atom stereocenters. The molecule has 9 nitrogen and oxygen atoms in total. The SMILES string of the molecule is CCOc1cc(NC(=O)C2CC2)c(OCC)cc1NC(=O)CCC(=O)NCc1ccccn1. The van der Waals surface area contributed by atoms with E-state index in [1.165, 1.54) is 0 Å². The average Bonchev–Trinajstić information content (AvgIpc) is 3.65. The van der Waals surface area contributed by atoms with Crippen LogP contribution in [-0.2, 0) is 20.9 Å². The first-order valence-electron chi connectivity index (χ1n) is 11.2. The monoisotopic (exact) mass is 454 g/mol. The third kappa shape index (κ3) is 7.48. The van der Waals surface area contributed by atoms with Gasteiger partial charge in [-0.25, -0.2) is 0 Å². The van der Waals surface area contributed by atoms with Crippen molar-refractivity contribution in [1.29, 1.82) is 0 Å². The summed E-state index contributed by atoms with van der Waals surface area (Å²) in [6.07, 6.45) is 3.47. The Balaban J connectivity index is 1.61. The van der Waals surface area contributed by atoms with Crippen molar-refractivity contribution in [3.05, 3.63) is 42.2 Å². The highest BCUT2D eigenvalue weighted by molar-refractivity contribution is 5.98. The molecule has 1 saturated carbocycles. The quantitative estimate of drug-likeness (QED) is 0.453. The number of carbonyl (C=O) groups excluding carboxylic acids is 3. The van der Waals surface area contributed by atoms with E-state index in [1.807, 2.05) is 26.0 Å². The highest BCUT2D eigenvalue weighted by atomic mass is 16.5. The van der Waals surface area contributed by atoms with Crippen molar-refractivity contribution in [1.82, 2.24) is 10.3 Å². The van der Waals surface area contributed by atoms with Gasteiger partial charge in [-0.2, -0.15) is 0 Å². The predicted octanol–water partition coefficient (Wildman–Crippen LogP) is 3.26. The number of nitrogens with one attached hydrogen (secondary N) is 3. The van der Waals surface area contributed by atoms with E-state index in [2.05, 4.69) is 20.9 Å². The zero-order valence-electron chi connectivity index (χ0n) is 19.0. The van der Waals surface area contributed by atoms with E-state index in [-0.39, 0.29) is 36.5 Å². The summed E-state index contributed by atoms with van der Waals surface area (Å²) in [5.41, 5.74) is 1.67. The molecular weight excluding hydrogens is 424 g/mol. The lowest BCUT2D eigenvalue weighted by molar-refractivity contribution is -0.124. The number of benzene rings is 1. The number of anilines is 2. The van der Waals surface area contributed by atoms with Crippen LogP contribution in [0.25, 0.3) is 0 Å². The van der Waals surface area contributed by atoms with Crippen LogP contribution in [0.1, 0.15) is 45.2 Å². The molecule has 0 unspecified atom stereocenters. The van der Waals surface area contributed by atoms with Gasteiger partial charge in [-0.05, 0) is 38.8 Å². The van der Waals surface area contributed by atoms with Crippen molar-refractivity contribution in [3.8, 4) is 11.5 Å². The fraction of sp³-hybridized carbons (Fsp3) is 0.417. The number of hydrogen-bond donors (Lipinski definition) is 3. The molecule has 3 amide bonds. The number of pyridine rings is 1. The molecule has 1 aromatic carbocycles. The van der Waals surface area contributed by atoms with Gasteiger partial charge in [0.25, 0.3) is 0 Å². The van der Waals surface area contributed by atoms with E-state index in [4.69, 9.17) is 9.47 Å². The Kier molecular flexibility index (Phi) is 8.63. The predicted molar refractivity (Wildman–Crippen MR) is 124 cm³/mol. The number of rotatable bonds is 12. The number of amides is 3. The number of nitrogens with zero attached hydrogens (tertiary/aromatic N) is 1. The molecule has 1 aromatic heterocycles. The van der Waals surface area contributed by atoms with E-state index in [0.29, 0.717) is 42.6 Å². The molecule has 33 heavy (non-hydrogen) atoms. The standard InChI is InChI=1S/C24H30N4O5/c1-3-32-20-14-19(28-24(31)16-8-9-16)21(33-4-2)13-18(20)27-23(30)11-10-22(29)26-15-17-7-5-6-12-25-17/h5-7,12-14,16H,3-4,8-11,15H2,1-2H3,(H,26,29)(H,27,30)(H,28,31). The maximum absolute atomic E-state index is 12.5. The minimum Gasteiger partial charge on any atom is -0.492 e. The summed E-state index contributed by atoms with van der Waals surface area (Å²) < 4.78 is 11.3. The summed E-state index contributed by atoms with van der Waals surface area (Å²) in [5.74, 6) is 0.276. The van der Waals surface area contributed by atoms with Gasteiger partial charge in [0.05, 0.1) is 36.8 Å². The third-order valence-corrected chi connectivity index (χ3v) is 4.93. The molecule has 1 fully saturated rings. The summed E-state index contributed by atoms with van der Waals surface area (Å²) in [7, 11) is 0. The molecule has 1 aliphatic rings. The molecule has 176 valence electrons. The Morgan fingerprint density at radius 1 is 0.939 bits per heavy atom. The minimum absolute atomic E-state index is 0.00372. The van der Waals surface area contributed by atoms with Crippen molar-refractivity contribution in [2.24, 2.45) is 5.92 Å². The Labute approximate surface area is 193 Å². The summed E-state index contributed by atoms with van der Waals surface area (Å²) in [4.78, 5) is 41.0. The zero-order chi connectivity index (χ0) is 23.6. The molecular formula is C24H30N4O5. The molecule has 0 radical (unpaired) electrons. The van der Waals surface area contributed by atoms with Crippen LogP contribution in [0.5, 0.6) is 11.5 Å². The van der Waals surface area contributed by atoms with E-state index in [1.54, 1.807) is 24.4 Å². The third-order valence-electron chi connectivity index (χ3n) is 4.93. The summed E-state index contributed by atoms with van der Waals surface area (Å²) >= 11 is 0. The average molecular weight is 455 g/mol. The molecule has 1 aliphatic carbocycles. The maximum Gasteiger partial charge on any atom is 0.227 e. The van der Waals surface area contributed by atoms with Gasteiger partial charge in [-0.1, -0.05) is 6.07 Å². The van der Waals surface area contributed by atoms with Gasteiger partial charge in [0, 0.05) is 37.1 Å². The van der Waals surface area contributed by atoms with Crippen molar-refractivity contribution in [2.45, 2.75) is 46.1 Å². The van der Waals surface area contributed by atoms with Crippen LogP contribution in [0.4, 0.5) is 11.4 Å². The van der Waals surface area contributed by atoms with Gasteiger partial charge >= 0.3 is 0 Å². The van der Waals surface area contributed by atoms with Crippen molar-refractivity contribution < 1.29 is 23.9 Å². The van der Waals surface area contributed by atoms with E-state index < -0.39 is 0 Å². The first-order chi connectivity index (χ1) is 16.0. The minimum atomic E-state index is -0.332. The van der Waals surface area contributed by atoms with Crippen molar-refractivity contribution >= 4 is 29.1 Å². The molecule has 0 saturated heterocycles. The van der Waals surface area contributed by atoms with Crippen LogP contribution in [0.2, 0.25) is 0 Å². The topological polar surface area (TPSA) is 119 Å². The van der Waals surface area contributed by atoms with E-state index >= 15 is 0 Å². The Hall–Kier alpha value is -3.62. The zero-order valence-corrected chi connectivity index (χ0v) is 19.0. The molecule has 3 N–H and O–H groups in total. The second kappa shape index (κ2) is 11.8. The van der Waals surface area contributed by atoms with Gasteiger partial charge in [0.1, 0.15) is 11.5 Å². The Morgan fingerprint density at radius 2 is 1.58 bits per heavy atom. The van der Waals surface area contributed by atoms with Crippen LogP contribution in [0.3, 0.4) is 0 Å². The molecule has 1 heterocycles. The highest BCUT2D eigenvalue weighted by Crippen LogP contribution is 2.38. The molecule has 0 aliphatic heterocycles. The van der Waals surface area contributed by atoms with Crippen molar-refractivity contribution in [3.63, 3.8) is 0 Å².